The van der Waals surface area contributed by atoms with Gasteiger partial charge in [-0.25, -0.2) is 8.42 Å². The van der Waals surface area contributed by atoms with Crippen LogP contribution >= 0.6 is 12.4 Å². The number of rotatable bonds is 4. The number of sulfone groups is 1. The maximum atomic E-state index is 12.3. The zero-order chi connectivity index (χ0) is 14.9. The van der Waals surface area contributed by atoms with Crippen molar-refractivity contribution in [3.05, 3.63) is 0 Å². The summed E-state index contributed by atoms with van der Waals surface area (Å²) in [5.74, 6) is 0.932. The van der Waals surface area contributed by atoms with Gasteiger partial charge in [0.05, 0.1) is 5.75 Å². The molecule has 2 aliphatic carbocycles. The number of carbonyl (C=O) groups excluding carboxylic acids is 1. The summed E-state index contributed by atoms with van der Waals surface area (Å²) < 4.78 is 22.5. The van der Waals surface area contributed by atoms with Crippen LogP contribution in [-0.4, -0.2) is 38.4 Å². The standard InChI is InChI=1S/C14H26N2O3S.ClH/c1-9(8-20(2,18)19)16-14(17)12-6-10-4-3-5-11(7-12)13(10)15;/h9-13H,3-8,15H2,1-2H3,(H,16,17);1H. The Morgan fingerprint density at radius 3 is 2.29 bits per heavy atom. The Kier molecular flexibility index (Phi) is 6.50. The minimum atomic E-state index is -3.06. The summed E-state index contributed by atoms with van der Waals surface area (Å²) in [6.07, 6.45) is 6.38. The number of fused-ring (bicyclic) bond motifs is 2. The Hall–Kier alpha value is -0.330. The van der Waals surface area contributed by atoms with Crippen molar-refractivity contribution in [1.29, 1.82) is 0 Å². The topological polar surface area (TPSA) is 89.3 Å². The average Bonchev–Trinajstić information content (AvgIpc) is 2.25. The summed E-state index contributed by atoms with van der Waals surface area (Å²) >= 11 is 0. The van der Waals surface area contributed by atoms with Gasteiger partial charge < -0.3 is 11.1 Å². The number of halogens is 1. The molecule has 0 saturated heterocycles. The molecular weight excluding hydrogens is 312 g/mol. The minimum Gasteiger partial charge on any atom is -0.352 e. The Balaban J connectivity index is 0.00000220. The lowest BCUT2D eigenvalue weighted by molar-refractivity contribution is -0.128. The van der Waals surface area contributed by atoms with Crippen molar-refractivity contribution in [2.45, 2.75) is 51.1 Å². The highest BCUT2D eigenvalue weighted by molar-refractivity contribution is 7.90. The van der Waals surface area contributed by atoms with Crippen LogP contribution in [0.5, 0.6) is 0 Å². The van der Waals surface area contributed by atoms with Gasteiger partial charge >= 0.3 is 0 Å². The number of hydrogen-bond acceptors (Lipinski definition) is 4. The van der Waals surface area contributed by atoms with E-state index in [4.69, 9.17) is 5.73 Å². The predicted octanol–water partition coefficient (Wildman–Crippen LogP) is 1.11. The highest BCUT2D eigenvalue weighted by Gasteiger charge is 2.40. The molecule has 5 nitrogen and oxygen atoms in total. The highest BCUT2D eigenvalue weighted by Crippen LogP contribution is 2.41. The van der Waals surface area contributed by atoms with Gasteiger partial charge in [0.15, 0.2) is 0 Å². The molecule has 2 aliphatic rings. The Bertz CT molecular complexity index is 455. The molecule has 2 saturated carbocycles. The van der Waals surface area contributed by atoms with Crippen molar-refractivity contribution < 1.29 is 13.2 Å². The molecule has 7 heteroatoms. The van der Waals surface area contributed by atoms with Crippen molar-refractivity contribution in [3.8, 4) is 0 Å². The second kappa shape index (κ2) is 7.29. The van der Waals surface area contributed by atoms with Crippen molar-refractivity contribution >= 4 is 28.2 Å². The quantitative estimate of drug-likeness (QED) is 0.803. The summed E-state index contributed by atoms with van der Waals surface area (Å²) in [4.78, 5) is 12.3. The summed E-state index contributed by atoms with van der Waals surface area (Å²) in [6.45, 7) is 1.74. The fourth-order valence-electron chi connectivity index (χ4n) is 3.86. The van der Waals surface area contributed by atoms with Gasteiger partial charge in [-0.15, -0.1) is 12.4 Å². The van der Waals surface area contributed by atoms with Gasteiger partial charge in [0.1, 0.15) is 9.84 Å². The Morgan fingerprint density at radius 2 is 1.81 bits per heavy atom. The van der Waals surface area contributed by atoms with E-state index in [1.807, 2.05) is 0 Å². The van der Waals surface area contributed by atoms with Gasteiger partial charge in [-0.05, 0) is 44.4 Å². The molecule has 0 spiro atoms. The zero-order valence-corrected chi connectivity index (χ0v) is 14.4. The number of amides is 1. The zero-order valence-electron chi connectivity index (χ0n) is 12.7. The monoisotopic (exact) mass is 338 g/mol. The number of nitrogens with two attached hydrogens (primary N) is 1. The number of hydrogen-bond donors (Lipinski definition) is 2. The first-order chi connectivity index (χ1) is 9.26. The van der Waals surface area contributed by atoms with Gasteiger partial charge in [0.25, 0.3) is 0 Å². The molecule has 1 amide bonds. The van der Waals surface area contributed by atoms with Crippen molar-refractivity contribution in [1.82, 2.24) is 5.32 Å². The van der Waals surface area contributed by atoms with Crippen molar-refractivity contribution in [2.75, 3.05) is 12.0 Å². The molecule has 0 aliphatic heterocycles. The molecule has 2 fully saturated rings. The second-order valence-corrected chi connectivity index (χ2v) is 8.88. The van der Waals surface area contributed by atoms with Crippen LogP contribution in [0.25, 0.3) is 0 Å². The molecule has 2 bridgehead atoms. The van der Waals surface area contributed by atoms with E-state index in [0.717, 1.165) is 25.7 Å². The van der Waals surface area contributed by atoms with Gasteiger partial charge in [-0.1, -0.05) is 6.42 Å². The minimum absolute atomic E-state index is 0. The van der Waals surface area contributed by atoms with E-state index in [1.54, 1.807) is 6.92 Å². The summed E-state index contributed by atoms with van der Waals surface area (Å²) in [6, 6.07) is -0.0748. The predicted molar refractivity (Wildman–Crippen MR) is 86.1 cm³/mol. The molecule has 0 aromatic heterocycles. The number of carbonyl (C=O) groups is 1. The number of nitrogens with one attached hydrogen (secondary N) is 1. The molecule has 124 valence electrons. The smallest absolute Gasteiger partial charge is 0.223 e. The van der Waals surface area contributed by atoms with E-state index < -0.39 is 9.84 Å². The van der Waals surface area contributed by atoms with Gasteiger partial charge in [-0.2, -0.15) is 0 Å². The largest absolute Gasteiger partial charge is 0.352 e. The maximum absolute atomic E-state index is 12.3. The van der Waals surface area contributed by atoms with Crippen LogP contribution < -0.4 is 11.1 Å². The van der Waals surface area contributed by atoms with E-state index in [-0.39, 0.29) is 42.1 Å². The first-order valence-electron chi connectivity index (χ1n) is 7.50. The van der Waals surface area contributed by atoms with Crippen LogP contribution in [0.4, 0.5) is 0 Å². The summed E-state index contributed by atoms with van der Waals surface area (Å²) in [5.41, 5.74) is 6.22. The van der Waals surface area contributed by atoms with Gasteiger partial charge in [0.2, 0.25) is 5.91 Å². The molecule has 3 unspecified atom stereocenters. The molecule has 0 radical (unpaired) electrons. The van der Waals surface area contributed by atoms with E-state index in [0.29, 0.717) is 11.8 Å². The molecule has 21 heavy (non-hydrogen) atoms. The normalized spacial score (nSPS) is 33.7. The van der Waals surface area contributed by atoms with Gasteiger partial charge in [0, 0.05) is 24.3 Å². The third-order valence-electron chi connectivity index (χ3n) is 4.73. The molecule has 3 N–H and O–H groups in total. The van der Waals surface area contributed by atoms with Gasteiger partial charge in [-0.3, -0.25) is 4.79 Å². The van der Waals surface area contributed by atoms with Crippen LogP contribution in [0.15, 0.2) is 0 Å². The highest BCUT2D eigenvalue weighted by atomic mass is 35.5. The SMILES string of the molecule is CC(CS(C)(=O)=O)NC(=O)C1CC2CCCC(C1)C2N.Cl. The summed E-state index contributed by atoms with van der Waals surface area (Å²) in [7, 11) is -3.06. The summed E-state index contributed by atoms with van der Waals surface area (Å²) in [5, 5.41) is 2.85. The van der Waals surface area contributed by atoms with Crippen molar-refractivity contribution in [3.63, 3.8) is 0 Å². The average molecular weight is 339 g/mol. The lowest BCUT2D eigenvalue weighted by Gasteiger charge is -2.43. The molecule has 0 aromatic rings. The molecular formula is C14H27ClN2O3S. The third kappa shape index (κ3) is 5.11. The third-order valence-corrected chi connectivity index (χ3v) is 5.83. The van der Waals surface area contributed by atoms with E-state index in [9.17, 15) is 13.2 Å². The second-order valence-electron chi connectivity index (χ2n) is 6.70. The maximum Gasteiger partial charge on any atom is 0.223 e. The van der Waals surface area contributed by atoms with E-state index in [1.165, 1.54) is 12.7 Å². The fraction of sp³-hybridized carbons (Fsp3) is 0.929. The van der Waals surface area contributed by atoms with E-state index >= 15 is 0 Å². The van der Waals surface area contributed by atoms with Crippen LogP contribution in [0.3, 0.4) is 0 Å². The first kappa shape index (κ1) is 18.7. The van der Waals surface area contributed by atoms with Crippen LogP contribution in [0.2, 0.25) is 0 Å². The molecule has 3 atom stereocenters. The molecule has 2 rings (SSSR count). The lowest BCUT2D eigenvalue weighted by Crippen LogP contribution is -2.50. The molecule has 0 heterocycles. The van der Waals surface area contributed by atoms with Crippen LogP contribution in [0, 0.1) is 17.8 Å². The fourth-order valence-corrected chi connectivity index (χ4v) is 4.85. The van der Waals surface area contributed by atoms with Crippen molar-refractivity contribution in [2.24, 2.45) is 23.5 Å². The molecule has 0 aromatic carbocycles. The first-order valence-corrected chi connectivity index (χ1v) is 9.56. The van der Waals surface area contributed by atoms with Crippen LogP contribution in [-0.2, 0) is 14.6 Å². The Labute approximate surface area is 133 Å². The van der Waals surface area contributed by atoms with E-state index in [2.05, 4.69) is 5.32 Å². The van der Waals surface area contributed by atoms with Crippen LogP contribution in [0.1, 0.15) is 39.0 Å². The lowest BCUT2D eigenvalue weighted by atomic mass is 9.65. The Morgan fingerprint density at radius 1 is 1.29 bits per heavy atom.